The van der Waals surface area contributed by atoms with E-state index in [1.54, 1.807) is 0 Å². The number of fused-ring (bicyclic) bond motifs is 3. The Labute approximate surface area is 201 Å². The van der Waals surface area contributed by atoms with Crippen molar-refractivity contribution in [3.8, 4) is 11.1 Å². The van der Waals surface area contributed by atoms with Gasteiger partial charge >= 0.3 is 12.1 Å². The summed E-state index contributed by atoms with van der Waals surface area (Å²) in [5, 5.41) is 14.6. The summed E-state index contributed by atoms with van der Waals surface area (Å²) in [6.45, 7) is 0.340. The van der Waals surface area contributed by atoms with Gasteiger partial charge in [-0.3, -0.25) is 4.79 Å². The van der Waals surface area contributed by atoms with E-state index in [1.807, 2.05) is 36.4 Å². The molecule has 0 saturated carbocycles. The van der Waals surface area contributed by atoms with E-state index in [4.69, 9.17) is 13.9 Å². The Hall–Kier alpha value is -4.11. The van der Waals surface area contributed by atoms with Crippen molar-refractivity contribution in [1.29, 1.82) is 0 Å². The van der Waals surface area contributed by atoms with Crippen LogP contribution in [0.4, 0.5) is 4.79 Å². The van der Waals surface area contributed by atoms with Gasteiger partial charge in [-0.05, 0) is 34.4 Å². The van der Waals surface area contributed by atoms with Crippen LogP contribution in [0.25, 0.3) is 11.1 Å². The Bertz CT molecular complexity index is 1230. The number of aliphatic carboxylic acids is 1. The normalized spacial score (nSPS) is 18.5. The first-order valence-electron chi connectivity index (χ1n) is 11.3. The van der Waals surface area contributed by atoms with Crippen molar-refractivity contribution in [3.05, 3.63) is 83.3 Å². The lowest BCUT2D eigenvalue weighted by atomic mass is 9.98. The number of carbonyl (C=O) groups excluding carboxylic acids is 2. The van der Waals surface area contributed by atoms with Crippen LogP contribution < -0.4 is 10.6 Å². The number of carboxylic acids is 1. The minimum atomic E-state index is -1.47. The van der Waals surface area contributed by atoms with E-state index in [2.05, 4.69) is 22.8 Å². The van der Waals surface area contributed by atoms with Crippen molar-refractivity contribution in [2.45, 2.75) is 24.4 Å². The van der Waals surface area contributed by atoms with Gasteiger partial charge in [0, 0.05) is 18.9 Å². The van der Waals surface area contributed by atoms with Crippen LogP contribution in [-0.2, 0) is 20.8 Å². The van der Waals surface area contributed by atoms with Crippen molar-refractivity contribution < 1.29 is 33.4 Å². The van der Waals surface area contributed by atoms with Crippen LogP contribution in [-0.4, -0.2) is 48.4 Å². The Morgan fingerprint density at radius 1 is 1.00 bits per heavy atom. The quantitative estimate of drug-likeness (QED) is 0.478. The van der Waals surface area contributed by atoms with Crippen molar-refractivity contribution >= 4 is 18.0 Å². The minimum absolute atomic E-state index is 0.0111. The highest BCUT2D eigenvalue weighted by atomic mass is 16.5. The minimum Gasteiger partial charge on any atom is -0.479 e. The lowest BCUT2D eigenvalue weighted by molar-refractivity contribution is -0.144. The molecule has 0 spiro atoms. The molecular formula is C26H24N2O7. The summed E-state index contributed by atoms with van der Waals surface area (Å²) in [6, 6.07) is 19.1. The highest BCUT2D eigenvalue weighted by Crippen LogP contribution is 2.44. The summed E-state index contributed by atoms with van der Waals surface area (Å²) in [4.78, 5) is 36.4. The van der Waals surface area contributed by atoms with Crippen molar-refractivity contribution in [2.24, 2.45) is 0 Å². The zero-order valence-corrected chi connectivity index (χ0v) is 18.8. The SMILES string of the molecule is O=C(NCc1ccc(C(=O)NC2(C(=O)O)CCOC2)o1)OCC1c2ccccc2-c2ccccc21. The van der Waals surface area contributed by atoms with Crippen molar-refractivity contribution in [1.82, 2.24) is 10.6 Å². The van der Waals surface area contributed by atoms with Crippen LogP contribution in [0.1, 0.15) is 39.8 Å². The number of benzene rings is 2. The number of hydrogen-bond donors (Lipinski definition) is 3. The average Bonchev–Trinajstić information content (AvgIpc) is 3.60. The molecule has 9 heteroatoms. The number of alkyl carbamates (subject to hydrolysis) is 1. The smallest absolute Gasteiger partial charge is 0.407 e. The molecule has 1 saturated heterocycles. The molecule has 1 aliphatic heterocycles. The largest absolute Gasteiger partial charge is 0.479 e. The van der Waals surface area contributed by atoms with Crippen LogP contribution in [0.3, 0.4) is 0 Å². The highest BCUT2D eigenvalue weighted by molar-refractivity contribution is 5.96. The first-order valence-corrected chi connectivity index (χ1v) is 11.3. The molecule has 1 fully saturated rings. The van der Waals surface area contributed by atoms with E-state index in [9.17, 15) is 19.5 Å². The van der Waals surface area contributed by atoms with Crippen LogP contribution in [0.15, 0.2) is 65.1 Å². The molecule has 3 N–H and O–H groups in total. The lowest BCUT2D eigenvalue weighted by Crippen LogP contribution is -2.55. The number of ether oxygens (including phenoxy) is 2. The summed E-state index contributed by atoms with van der Waals surface area (Å²) in [6.07, 6.45) is -0.437. The Kier molecular flexibility index (Phi) is 6.00. The summed E-state index contributed by atoms with van der Waals surface area (Å²) in [7, 11) is 0. The van der Waals surface area contributed by atoms with Gasteiger partial charge in [-0.25, -0.2) is 9.59 Å². The maximum Gasteiger partial charge on any atom is 0.407 e. The first kappa shape index (κ1) is 22.7. The molecule has 9 nitrogen and oxygen atoms in total. The third-order valence-electron chi connectivity index (χ3n) is 6.42. The maximum atomic E-state index is 12.5. The number of rotatable bonds is 7. The van der Waals surface area contributed by atoms with Crippen LogP contribution in [0.2, 0.25) is 0 Å². The van der Waals surface area contributed by atoms with Gasteiger partial charge in [0.1, 0.15) is 12.4 Å². The third kappa shape index (κ3) is 4.38. The summed E-state index contributed by atoms with van der Waals surface area (Å²) < 4.78 is 16.1. The maximum absolute atomic E-state index is 12.5. The van der Waals surface area contributed by atoms with Gasteiger partial charge in [0.05, 0.1) is 13.2 Å². The number of carbonyl (C=O) groups is 3. The molecule has 5 rings (SSSR count). The number of carboxylic acid groups (broad SMARTS) is 1. The zero-order valence-electron chi connectivity index (χ0n) is 18.8. The Morgan fingerprint density at radius 3 is 2.31 bits per heavy atom. The third-order valence-corrected chi connectivity index (χ3v) is 6.42. The molecule has 2 amide bonds. The van der Waals surface area contributed by atoms with Gasteiger partial charge in [-0.15, -0.1) is 0 Å². The number of nitrogens with one attached hydrogen (secondary N) is 2. The molecule has 0 radical (unpaired) electrons. The Balaban J connectivity index is 1.16. The average molecular weight is 476 g/mol. The molecule has 180 valence electrons. The standard InChI is InChI=1S/C26H24N2O7/c29-23(28-26(24(30)31)11-12-33-15-26)22-10-9-16(35-22)13-27-25(32)34-14-21-19-7-3-1-5-17(19)18-6-2-4-8-20(18)21/h1-10,21H,11-15H2,(H,27,32)(H,28,29)(H,30,31). The molecular weight excluding hydrogens is 452 g/mol. The van der Waals surface area contributed by atoms with Gasteiger partial charge in [-0.1, -0.05) is 48.5 Å². The predicted octanol–water partition coefficient (Wildman–Crippen LogP) is 3.29. The van der Waals surface area contributed by atoms with Crippen LogP contribution >= 0.6 is 0 Å². The monoisotopic (exact) mass is 476 g/mol. The zero-order chi connectivity index (χ0) is 24.4. The molecule has 2 aromatic carbocycles. The number of furan rings is 1. The van der Waals surface area contributed by atoms with E-state index < -0.39 is 23.5 Å². The molecule has 1 atom stereocenters. The number of hydrogen-bond acceptors (Lipinski definition) is 6. The molecule has 2 heterocycles. The Morgan fingerprint density at radius 2 is 1.69 bits per heavy atom. The van der Waals surface area contributed by atoms with Crippen LogP contribution in [0, 0.1) is 0 Å². The topological polar surface area (TPSA) is 127 Å². The fourth-order valence-corrected chi connectivity index (χ4v) is 4.57. The van der Waals surface area contributed by atoms with Gasteiger partial charge in [0.15, 0.2) is 11.3 Å². The molecule has 35 heavy (non-hydrogen) atoms. The molecule has 0 bridgehead atoms. The van der Waals surface area contributed by atoms with E-state index in [0.29, 0.717) is 5.76 Å². The van der Waals surface area contributed by atoms with Gasteiger partial charge in [0.2, 0.25) is 0 Å². The fraction of sp³-hybridized carbons (Fsp3) is 0.269. The van der Waals surface area contributed by atoms with E-state index in [-0.39, 0.29) is 44.5 Å². The van der Waals surface area contributed by atoms with Crippen molar-refractivity contribution in [2.75, 3.05) is 19.8 Å². The second-order valence-corrected chi connectivity index (χ2v) is 8.59. The first-order chi connectivity index (χ1) is 17.0. The van der Waals surface area contributed by atoms with E-state index in [0.717, 1.165) is 22.3 Å². The summed E-state index contributed by atoms with van der Waals surface area (Å²) in [5.74, 6) is -1.59. The fourth-order valence-electron chi connectivity index (χ4n) is 4.57. The van der Waals surface area contributed by atoms with Crippen LogP contribution in [0.5, 0.6) is 0 Å². The van der Waals surface area contributed by atoms with Gasteiger partial charge < -0.3 is 29.6 Å². The second-order valence-electron chi connectivity index (χ2n) is 8.59. The van der Waals surface area contributed by atoms with E-state index in [1.165, 1.54) is 12.1 Å². The van der Waals surface area contributed by atoms with Gasteiger partial charge in [-0.2, -0.15) is 0 Å². The highest BCUT2D eigenvalue weighted by Gasteiger charge is 2.44. The lowest BCUT2D eigenvalue weighted by Gasteiger charge is -2.22. The summed E-state index contributed by atoms with van der Waals surface area (Å²) >= 11 is 0. The molecule has 1 aromatic heterocycles. The van der Waals surface area contributed by atoms with Gasteiger partial charge in [0.25, 0.3) is 5.91 Å². The summed E-state index contributed by atoms with van der Waals surface area (Å²) in [5.41, 5.74) is 3.06. The molecule has 2 aliphatic rings. The molecule has 1 unspecified atom stereocenters. The number of amides is 2. The second kappa shape index (κ2) is 9.27. The molecule has 3 aromatic rings. The van der Waals surface area contributed by atoms with E-state index >= 15 is 0 Å². The van der Waals surface area contributed by atoms with Crippen molar-refractivity contribution in [3.63, 3.8) is 0 Å². The predicted molar refractivity (Wildman–Crippen MR) is 124 cm³/mol. The molecule has 1 aliphatic carbocycles.